The lowest BCUT2D eigenvalue weighted by atomic mass is 9.69. The third kappa shape index (κ3) is 2.04. The van der Waals surface area contributed by atoms with Gasteiger partial charge in [-0.3, -0.25) is 0 Å². The second-order valence-corrected chi connectivity index (χ2v) is 8.71. The van der Waals surface area contributed by atoms with Crippen LogP contribution in [0.4, 0.5) is 0 Å². The van der Waals surface area contributed by atoms with Crippen LogP contribution >= 0.6 is 0 Å². The maximum atomic E-state index is 5.85. The average molecular weight is 293 g/mol. The van der Waals surface area contributed by atoms with Gasteiger partial charge in [-0.15, -0.1) is 0 Å². The second-order valence-electron chi connectivity index (χ2n) is 8.71. The molecule has 1 saturated heterocycles. The van der Waals surface area contributed by atoms with Crippen LogP contribution in [0.15, 0.2) is 0 Å². The Bertz CT molecular complexity index is 405. The topological polar surface area (TPSA) is 30.5 Å². The van der Waals surface area contributed by atoms with Gasteiger partial charge in [0.15, 0.2) is 5.79 Å². The molecule has 4 rings (SSSR count). The first kappa shape index (κ1) is 14.5. The molecule has 1 heterocycles. The molecule has 0 aromatic rings. The van der Waals surface area contributed by atoms with E-state index >= 15 is 0 Å². The highest BCUT2D eigenvalue weighted by Gasteiger charge is 2.61. The van der Waals surface area contributed by atoms with Crippen LogP contribution in [-0.2, 0) is 9.47 Å². The van der Waals surface area contributed by atoms with E-state index in [9.17, 15) is 0 Å². The van der Waals surface area contributed by atoms with Gasteiger partial charge in [0.25, 0.3) is 0 Å². The third-order valence-corrected chi connectivity index (χ3v) is 7.79. The van der Waals surface area contributed by atoms with E-state index in [1.807, 2.05) is 0 Å². The highest BCUT2D eigenvalue weighted by Crippen LogP contribution is 2.65. The van der Waals surface area contributed by atoms with E-state index < -0.39 is 0 Å². The molecule has 3 atom stereocenters. The Kier molecular flexibility index (Phi) is 3.23. The molecule has 0 aromatic heterocycles. The maximum Gasteiger partial charge on any atom is 0.168 e. The van der Waals surface area contributed by atoms with E-state index in [1.165, 1.54) is 32.1 Å². The Balaban J connectivity index is 1.38. The molecule has 0 radical (unpaired) electrons. The largest absolute Gasteiger partial charge is 0.348 e. The van der Waals surface area contributed by atoms with Gasteiger partial charge < -0.3 is 14.8 Å². The Morgan fingerprint density at radius 2 is 1.57 bits per heavy atom. The van der Waals surface area contributed by atoms with Gasteiger partial charge in [-0.25, -0.2) is 0 Å². The Hall–Kier alpha value is -0.120. The highest BCUT2D eigenvalue weighted by atomic mass is 16.7. The molecule has 3 heteroatoms. The molecule has 3 nitrogen and oxygen atoms in total. The molecule has 4 fully saturated rings. The fraction of sp³-hybridized carbons (Fsp3) is 1.00. The number of rotatable bonds is 2. The third-order valence-electron chi connectivity index (χ3n) is 7.79. The zero-order valence-corrected chi connectivity index (χ0v) is 13.9. The fourth-order valence-corrected chi connectivity index (χ4v) is 5.75. The van der Waals surface area contributed by atoms with Crippen LogP contribution < -0.4 is 5.32 Å². The minimum atomic E-state index is -0.212. The minimum Gasteiger partial charge on any atom is -0.348 e. The van der Waals surface area contributed by atoms with Gasteiger partial charge in [0.2, 0.25) is 0 Å². The standard InChI is InChI=1S/C18H31NO2/c1-16(2)13-4-7-17(16,3)15(12-13)19-14-5-8-18(9-6-14)20-10-11-21-18/h13-15,19H,4-12H2,1-3H3. The summed E-state index contributed by atoms with van der Waals surface area (Å²) in [6.45, 7) is 9.11. The Morgan fingerprint density at radius 1 is 0.905 bits per heavy atom. The Morgan fingerprint density at radius 3 is 2.10 bits per heavy atom. The van der Waals surface area contributed by atoms with Crippen molar-refractivity contribution in [2.45, 2.75) is 83.6 Å². The zero-order valence-electron chi connectivity index (χ0n) is 13.9. The molecule has 1 aliphatic heterocycles. The monoisotopic (exact) mass is 293 g/mol. The van der Waals surface area contributed by atoms with Crippen molar-refractivity contribution in [1.82, 2.24) is 5.32 Å². The van der Waals surface area contributed by atoms with Gasteiger partial charge >= 0.3 is 0 Å². The van der Waals surface area contributed by atoms with Crippen LogP contribution in [0.5, 0.6) is 0 Å². The van der Waals surface area contributed by atoms with E-state index in [0.717, 1.165) is 38.0 Å². The van der Waals surface area contributed by atoms with Crippen LogP contribution in [0.25, 0.3) is 0 Å². The van der Waals surface area contributed by atoms with Crippen LogP contribution in [0.3, 0.4) is 0 Å². The van der Waals surface area contributed by atoms with Crippen molar-refractivity contribution in [2.75, 3.05) is 13.2 Å². The van der Waals surface area contributed by atoms with E-state index in [2.05, 4.69) is 26.1 Å². The summed E-state index contributed by atoms with van der Waals surface area (Å²) in [5.74, 6) is 0.715. The summed E-state index contributed by atoms with van der Waals surface area (Å²) in [6.07, 6.45) is 8.79. The summed E-state index contributed by atoms with van der Waals surface area (Å²) >= 11 is 0. The summed E-state index contributed by atoms with van der Waals surface area (Å²) < 4.78 is 11.7. The second kappa shape index (κ2) is 4.69. The molecule has 3 saturated carbocycles. The summed E-state index contributed by atoms with van der Waals surface area (Å²) in [7, 11) is 0. The van der Waals surface area contributed by atoms with Gasteiger partial charge in [-0.1, -0.05) is 20.8 Å². The number of fused-ring (bicyclic) bond motifs is 2. The molecular formula is C18H31NO2. The number of ether oxygens (including phenoxy) is 2. The summed E-state index contributed by atoms with van der Waals surface area (Å²) in [6, 6.07) is 1.39. The van der Waals surface area contributed by atoms with Gasteiger partial charge in [0.1, 0.15) is 0 Å². The maximum absolute atomic E-state index is 5.85. The van der Waals surface area contributed by atoms with Crippen LogP contribution in [0, 0.1) is 16.7 Å². The molecule has 1 N–H and O–H groups in total. The van der Waals surface area contributed by atoms with Crippen molar-refractivity contribution in [1.29, 1.82) is 0 Å². The van der Waals surface area contributed by atoms with Crippen molar-refractivity contribution in [3.63, 3.8) is 0 Å². The average Bonchev–Trinajstić information content (AvgIpc) is 3.05. The molecule has 0 aromatic carbocycles. The number of hydrogen-bond acceptors (Lipinski definition) is 3. The summed E-state index contributed by atoms with van der Waals surface area (Å²) in [5.41, 5.74) is 1.01. The first-order valence-corrected chi connectivity index (χ1v) is 8.99. The van der Waals surface area contributed by atoms with Crippen molar-refractivity contribution < 1.29 is 9.47 Å². The van der Waals surface area contributed by atoms with E-state index in [0.29, 0.717) is 16.9 Å². The lowest BCUT2D eigenvalue weighted by Crippen LogP contribution is -2.51. The fourth-order valence-electron chi connectivity index (χ4n) is 5.75. The van der Waals surface area contributed by atoms with Gasteiger partial charge in [-0.05, 0) is 48.9 Å². The van der Waals surface area contributed by atoms with E-state index in [-0.39, 0.29) is 5.79 Å². The van der Waals surface area contributed by atoms with Crippen molar-refractivity contribution in [2.24, 2.45) is 16.7 Å². The molecule has 2 bridgehead atoms. The van der Waals surface area contributed by atoms with Gasteiger partial charge in [-0.2, -0.15) is 0 Å². The van der Waals surface area contributed by atoms with Crippen molar-refractivity contribution >= 4 is 0 Å². The molecule has 120 valence electrons. The molecular weight excluding hydrogens is 262 g/mol. The smallest absolute Gasteiger partial charge is 0.168 e. The highest BCUT2D eigenvalue weighted by molar-refractivity contribution is 5.13. The first-order chi connectivity index (χ1) is 9.95. The Labute approximate surface area is 129 Å². The lowest BCUT2D eigenvalue weighted by molar-refractivity contribution is -0.180. The van der Waals surface area contributed by atoms with Crippen LogP contribution in [0.2, 0.25) is 0 Å². The first-order valence-electron chi connectivity index (χ1n) is 8.99. The summed E-state index contributed by atoms with van der Waals surface area (Å²) in [4.78, 5) is 0. The van der Waals surface area contributed by atoms with Crippen molar-refractivity contribution in [3.05, 3.63) is 0 Å². The zero-order chi connectivity index (χ0) is 14.7. The predicted octanol–water partition coefficient (Wildman–Crippen LogP) is 3.48. The molecule has 1 spiro atoms. The SMILES string of the molecule is CC1(C)C2CCC1(C)C(NC1CCC3(CC1)OCCO3)C2. The molecule has 4 aliphatic rings. The van der Waals surface area contributed by atoms with Gasteiger partial charge in [0, 0.05) is 24.9 Å². The molecule has 3 aliphatic carbocycles. The lowest BCUT2D eigenvalue weighted by Gasteiger charge is -2.43. The normalized spacial score (nSPS) is 44.7. The van der Waals surface area contributed by atoms with Crippen molar-refractivity contribution in [3.8, 4) is 0 Å². The summed E-state index contributed by atoms with van der Waals surface area (Å²) in [5, 5.41) is 4.04. The van der Waals surface area contributed by atoms with Crippen LogP contribution in [0.1, 0.15) is 65.7 Å². The molecule has 0 amide bonds. The van der Waals surface area contributed by atoms with Crippen LogP contribution in [-0.4, -0.2) is 31.1 Å². The van der Waals surface area contributed by atoms with E-state index in [4.69, 9.17) is 9.47 Å². The molecule has 3 unspecified atom stereocenters. The minimum absolute atomic E-state index is 0.212. The predicted molar refractivity (Wildman–Crippen MR) is 83.0 cm³/mol. The number of hydrogen-bond donors (Lipinski definition) is 1. The molecule has 21 heavy (non-hydrogen) atoms. The number of nitrogens with one attached hydrogen (secondary N) is 1. The van der Waals surface area contributed by atoms with Gasteiger partial charge in [0.05, 0.1) is 13.2 Å². The quantitative estimate of drug-likeness (QED) is 0.845. The van der Waals surface area contributed by atoms with E-state index in [1.54, 1.807) is 0 Å².